The molecule has 0 saturated carbocycles. The molecule has 1 nitrogen and oxygen atoms in total. The predicted molar refractivity (Wildman–Crippen MR) is 95.2 cm³/mol. The van der Waals surface area contributed by atoms with Crippen LogP contribution in [0, 0.1) is 0 Å². The quantitative estimate of drug-likeness (QED) is 0.802. The molecular weight excluding hydrogens is 266 g/mol. The van der Waals surface area contributed by atoms with Gasteiger partial charge in [0, 0.05) is 11.8 Å². The number of benzene rings is 2. The van der Waals surface area contributed by atoms with Gasteiger partial charge >= 0.3 is 0 Å². The van der Waals surface area contributed by atoms with Crippen LogP contribution in [0.3, 0.4) is 0 Å². The van der Waals surface area contributed by atoms with Crippen LogP contribution in [-0.4, -0.2) is 0 Å². The van der Waals surface area contributed by atoms with Gasteiger partial charge in [0.2, 0.25) is 0 Å². The lowest BCUT2D eigenvalue weighted by molar-refractivity contribution is 0.741. The predicted octanol–water partition coefficient (Wildman–Crippen LogP) is 5.35. The monoisotopic (exact) mass is 287 g/mol. The van der Waals surface area contributed by atoms with E-state index in [-0.39, 0.29) is 6.04 Å². The van der Waals surface area contributed by atoms with Gasteiger partial charge in [0.15, 0.2) is 0 Å². The summed E-state index contributed by atoms with van der Waals surface area (Å²) in [6.45, 7) is 4.24. The Morgan fingerprint density at radius 3 is 2.41 bits per heavy atom. The van der Waals surface area contributed by atoms with Gasteiger partial charge in [-0.3, -0.25) is 0 Å². The minimum Gasteiger partial charge on any atom is -0.380 e. The highest BCUT2D eigenvalue weighted by Gasteiger charge is 2.16. The van der Waals surface area contributed by atoms with E-state index in [4.69, 9.17) is 0 Å². The Morgan fingerprint density at radius 2 is 1.68 bits per heavy atom. The molecule has 0 aromatic heterocycles. The van der Waals surface area contributed by atoms with E-state index in [9.17, 15) is 0 Å². The van der Waals surface area contributed by atoms with Crippen molar-refractivity contribution in [2.45, 2.75) is 19.9 Å². The molecule has 0 spiro atoms. The van der Waals surface area contributed by atoms with Gasteiger partial charge in [-0.05, 0) is 36.1 Å². The Labute approximate surface area is 132 Å². The van der Waals surface area contributed by atoms with Gasteiger partial charge in [-0.25, -0.2) is 0 Å². The van der Waals surface area contributed by atoms with Crippen molar-refractivity contribution in [2.24, 2.45) is 0 Å². The molecule has 1 aliphatic rings. The molecule has 1 atom stereocenters. The minimum atomic E-state index is 0.222. The van der Waals surface area contributed by atoms with Gasteiger partial charge in [-0.2, -0.15) is 0 Å². The third-order valence-electron chi connectivity index (χ3n) is 4.01. The molecule has 0 aliphatic carbocycles. The fraction of sp³-hybridized carbons (Fsp3) is 0.143. The van der Waals surface area contributed by atoms with Gasteiger partial charge in [0.1, 0.15) is 0 Å². The second-order valence-electron chi connectivity index (χ2n) is 5.55. The SMILES string of the molecule is C/C=C\c1ccccc1C1C=C(C)C(c2ccccc2)=CN1. The first-order valence-corrected chi connectivity index (χ1v) is 7.71. The van der Waals surface area contributed by atoms with Gasteiger partial charge in [0.05, 0.1) is 6.04 Å². The minimum absolute atomic E-state index is 0.222. The Balaban J connectivity index is 1.91. The van der Waals surface area contributed by atoms with Crippen LogP contribution in [0.5, 0.6) is 0 Å². The van der Waals surface area contributed by atoms with E-state index in [1.807, 2.05) is 0 Å². The first-order chi connectivity index (χ1) is 10.8. The maximum Gasteiger partial charge on any atom is 0.0704 e. The normalized spacial score (nSPS) is 17.8. The van der Waals surface area contributed by atoms with E-state index in [0.29, 0.717) is 0 Å². The lowest BCUT2D eigenvalue weighted by Gasteiger charge is -2.24. The van der Waals surface area contributed by atoms with Crippen LogP contribution in [0.1, 0.15) is 36.6 Å². The van der Waals surface area contributed by atoms with Crippen LogP contribution in [0.15, 0.2) is 78.5 Å². The largest absolute Gasteiger partial charge is 0.380 e. The molecule has 110 valence electrons. The molecule has 0 fully saturated rings. The molecule has 2 aromatic rings. The van der Waals surface area contributed by atoms with Gasteiger partial charge in [-0.15, -0.1) is 0 Å². The highest BCUT2D eigenvalue weighted by Crippen LogP contribution is 2.31. The van der Waals surface area contributed by atoms with Crippen LogP contribution in [0.2, 0.25) is 0 Å². The molecule has 1 N–H and O–H groups in total. The first kappa shape index (κ1) is 14.4. The van der Waals surface area contributed by atoms with E-state index in [1.165, 1.54) is 27.8 Å². The lowest BCUT2D eigenvalue weighted by atomic mass is 9.91. The average Bonchev–Trinajstić information content (AvgIpc) is 2.56. The Morgan fingerprint density at radius 1 is 0.955 bits per heavy atom. The summed E-state index contributed by atoms with van der Waals surface area (Å²) in [5, 5.41) is 3.54. The topological polar surface area (TPSA) is 12.0 Å². The van der Waals surface area contributed by atoms with Crippen LogP contribution < -0.4 is 5.32 Å². The Hall–Kier alpha value is -2.54. The highest BCUT2D eigenvalue weighted by atomic mass is 14.9. The van der Waals surface area contributed by atoms with Crippen molar-refractivity contribution in [1.82, 2.24) is 5.32 Å². The average molecular weight is 287 g/mol. The molecule has 0 radical (unpaired) electrons. The molecule has 1 heteroatoms. The van der Waals surface area contributed by atoms with Crippen molar-refractivity contribution >= 4 is 11.6 Å². The van der Waals surface area contributed by atoms with Gasteiger partial charge in [-0.1, -0.05) is 72.8 Å². The number of dihydropyridines is 1. The molecule has 1 heterocycles. The fourth-order valence-corrected chi connectivity index (χ4v) is 2.91. The molecule has 0 saturated heterocycles. The maximum atomic E-state index is 3.54. The number of hydrogen-bond donors (Lipinski definition) is 1. The fourth-order valence-electron chi connectivity index (χ4n) is 2.91. The molecule has 22 heavy (non-hydrogen) atoms. The summed E-state index contributed by atoms with van der Waals surface area (Å²) in [4.78, 5) is 0. The van der Waals surface area contributed by atoms with Crippen molar-refractivity contribution in [3.63, 3.8) is 0 Å². The molecule has 0 amide bonds. The summed E-state index contributed by atoms with van der Waals surface area (Å²) in [7, 11) is 0. The van der Waals surface area contributed by atoms with Crippen molar-refractivity contribution in [3.05, 3.63) is 95.2 Å². The molecule has 2 aromatic carbocycles. The van der Waals surface area contributed by atoms with E-state index in [2.05, 4.69) is 98.2 Å². The number of allylic oxidation sites excluding steroid dienone is 3. The van der Waals surface area contributed by atoms with E-state index in [1.54, 1.807) is 0 Å². The summed E-state index contributed by atoms with van der Waals surface area (Å²) >= 11 is 0. The van der Waals surface area contributed by atoms with Crippen molar-refractivity contribution in [2.75, 3.05) is 0 Å². The summed E-state index contributed by atoms with van der Waals surface area (Å²) in [5.74, 6) is 0. The van der Waals surface area contributed by atoms with E-state index >= 15 is 0 Å². The zero-order valence-electron chi connectivity index (χ0n) is 13.1. The molecule has 0 bridgehead atoms. The van der Waals surface area contributed by atoms with Crippen molar-refractivity contribution < 1.29 is 0 Å². The van der Waals surface area contributed by atoms with E-state index in [0.717, 1.165) is 0 Å². The summed E-state index contributed by atoms with van der Waals surface area (Å²) < 4.78 is 0. The van der Waals surface area contributed by atoms with Gasteiger partial charge in [0.25, 0.3) is 0 Å². The molecule has 1 unspecified atom stereocenters. The van der Waals surface area contributed by atoms with E-state index < -0.39 is 0 Å². The first-order valence-electron chi connectivity index (χ1n) is 7.71. The zero-order chi connectivity index (χ0) is 15.4. The molecule has 1 aliphatic heterocycles. The summed E-state index contributed by atoms with van der Waals surface area (Å²) in [6.07, 6.45) is 8.70. The van der Waals surface area contributed by atoms with Gasteiger partial charge < -0.3 is 5.32 Å². The third kappa shape index (κ3) is 2.89. The lowest BCUT2D eigenvalue weighted by Crippen LogP contribution is -2.19. The smallest absolute Gasteiger partial charge is 0.0704 e. The maximum absolute atomic E-state index is 3.54. The van der Waals surface area contributed by atoms with Crippen molar-refractivity contribution in [3.8, 4) is 0 Å². The van der Waals surface area contributed by atoms with Crippen molar-refractivity contribution in [1.29, 1.82) is 0 Å². The Kier molecular flexibility index (Phi) is 4.24. The number of nitrogens with one attached hydrogen (secondary N) is 1. The van der Waals surface area contributed by atoms with Crippen LogP contribution in [0.25, 0.3) is 11.6 Å². The Bertz CT molecular complexity index is 736. The number of hydrogen-bond acceptors (Lipinski definition) is 1. The van der Waals surface area contributed by atoms with Crippen LogP contribution >= 0.6 is 0 Å². The second kappa shape index (κ2) is 6.48. The summed E-state index contributed by atoms with van der Waals surface area (Å²) in [5.41, 5.74) is 6.40. The second-order valence-corrected chi connectivity index (χ2v) is 5.55. The number of rotatable bonds is 3. The third-order valence-corrected chi connectivity index (χ3v) is 4.01. The van der Waals surface area contributed by atoms with Crippen LogP contribution in [-0.2, 0) is 0 Å². The zero-order valence-corrected chi connectivity index (χ0v) is 13.1. The van der Waals surface area contributed by atoms with Crippen LogP contribution in [0.4, 0.5) is 0 Å². The standard InChI is InChI=1S/C21H21N/c1-3-9-17-12-7-8-13-19(17)21-14-16(2)20(15-22-21)18-10-5-4-6-11-18/h3-15,21-22H,1-2H3/b9-3-. The molecule has 3 rings (SSSR count). The summed E-state index contributed by atoms with van der Waals surface area (Å²) in [6, 6.07) is 19.3. The molecular formula is C21H21N. The highest BCUT2D eigenvalue weighted by molar-refractivity contribution is 5.79.